The average Bonchev–Trinajstić information content (AvgIpc) is 2.87. The van der Waals surface area contributed by atoms with E-state index in [0.717, 1.165) is 25.0 Å². The van der Waals surface area contributed by atoms with Gasteiger partial charge in [-0.2, -0.15) is 0 Å². The average molecular weight is 262 g/mol. The molecule has 0 aromatic carbocycles. The van der Waals surface area contributed by atoms with Crippen molar-refractivity contribution in [1.82, 2.24) is 9.88 Å². The minimum absolute atomic E-state index is 0.752. The van der Waals surface area contributed by atoms with Gasteiger partial charge in [-0.1, -0.05) is 26.7 Å². The maximum Gasteiger partial charge on any atom is 0.0223 e. The number of aromatic nitrogens is 1. The van der Waals surface area contributed by atoms with E-state index in [1.165, 1.54) is 50.5 Å². The van der Waals surface area contributed by atoms with Gasteiger partial charge >= 0.3 is 0 Å². The molecule has 1 aliphatic carbocycles. The van der Waals surface area contributed by atoms with Crippen LogP contribution in [0.2, 0.25) is 0 Å². The van der Waals surface area contributed by atoms with Crippen LogP contribution in [0.5, 0.6) is 0 Å². The SMILES string of the molecule is CCCC1CCC(NCc2ccn(CCC)c2)CC1. The maximum absolute atomic E-state index is 3.74. The van der Waals surface area contributed by atoms with Crippen LogP contribution in [0, 0.1) is 5.92 Å². The number of hydrogen-bond acceptors (Lipinski definition) is 1. The van der Waals surface area contributed by atoms with E-state index in [1.807, 2.05) is 0 Å². The molecule has 0 spiro atoms. The smallest absolute Gasteiger partial charge is 0.0223 e. The number of aryl methyl sites for hydroxylation is 1. The van der Waals surface area contributed by atoms with Gasteiger partial charge in [0.05, 0.1) is 0 Å². The first-order valence-corrected chi connectivity index (χ1v) is 8.19. The predicted octanol–water partition coefficient (Wildman–Crippen LogP) is 4.35. The zero-order chi connectivity index (χ0) is 13.5. The highest BCUT2D eigenvalue weighted by Crippen LogP contribution is 2.27. The first kappa shape index (κ1) is 14.6. The standard InChI is InChI=1S/C17H30N2/c1-3-5-15-6-8-17(9-7-15)18-13-16-10-12-19(14-16)11-4-2/h10,12,14-15,17-18H,3-9,11,13H2,1-2H3. The molecule has 0 radical (unpaired) electrons. The van der Waals surface area contributed by atoms with Crippen molar-refractivity contribution in [3.05, 3.63) is 24.0 Å². The van der Waals surface area contributed by atoms with Gasteiger partial charge in [0.2, 0.25) is 0 Å². The summed E-state index contributed by atoms with van der Waals surface area (Å²) in [5.74, 6) is 1.01. The number of rotatable bonds is 7. The van der Waals surface area contributed by atoms with E-state index in [9.17, 15) is 0 Å². The summed E-state index contributed by atoms with van der Waals surface area (Å²) in [7, 11) is 0. The van der Waals surface area contributed by atoms with Crippen LogP contribution in [-0.4, -0.2) is 10.6 Å². The Kier molecular flexibility index (Phi) is 5.96. The van der Waals surface area contributed by atoms with Crippen LogP contribution in [0.3, 0.4) is 0 Å². The lowest BCUT2D eigenvalue weighted by atomic mass is 9.83. The molecule has 1 aromatic rings. The molecule has 108 valence electrons. The minimum atomic E-state index is 0.752. The zero-order valence-corrected chi connectivity index (χ0v) is 12.7. The van der Waals surface area contributed by atoms with E-state index in [-0.39, 0.29) is 0 Å². The van der Waals surface area contributed by atoms with Gasteiger partial charge < -0.3 is 9.88 Å². The zero-order valence-electron chi connectivity index (χ0n) is 12.7. The summed E-state index contributed by atoms with van der Waals surface area (Å²) < 4.78 is 2.30. The normalized spacial score (nSPS) is 23.7. The topological polar surface area (TPSA) is 17.0 Å². The second kappa shape index (κ2) is 7.74. The third kappa shape index (κ3) is 4.68. The molecular formula is C17H30N2. The second-order valence-corrected chi connectivity index (χ2v) is 6.14. The number of nitrogens with one attached hydrogen (secondary N) is 1. The van der Waals surface area contributed by atoms with Crippen molar-refractivity contribution in [3.8, 4) is 0 Å². The van der Waals surface area contributed by atoms with Crippen molar-refractivity contribution < 1.29 is 0 Å². The summed E-state index contributed by atoms with van der Waals surface area (Å²) in [6, 6.07) is 3.01. The number of nitrogens with zero attached hydrogens (tertiary/aromatic N) is 1. The molecule has 1 aromatic heterocycles. The molecule has 1 N–H and O–H groups in total. The molecule has 0 atom stereocenters. The summed E-state index contributed by atoms with van der Waals surface area (Å²) in [6.45, 7) is 6.72. The molecule has 2 heteroatoms. The van der Waals surface area contributed by atoms with Crippen LogP contribution in [0.15, 0.2) is 18.5 Å². The highest BCUT2D eigenvalue weighted by Gasteiger charge is 2.19. The van der Waals surface area contributed by atoms with Gasteiger partial charge in [0.1, 0.15) is 0 Å². The van der Waals surface area contributed by atoms with Crippen molar-refractivity contribution >= 4 is 0 Å². The van der Waals surface area contributed by atoms with E-state index in [2.05, 4.69) is 42.2 Å². The Morgan fingerprint density at radius 1 is 1.16 bits per heavy atom. The van der Waals surface area contributed by atoms with E-state index < -0.39 is 0 Å². The molecule has 0 amide bonds. The van der Waals surface area contributed by atoms with Crippen LogP contribution in [0.25, 0.3) is 0 Å². The quantitative estimate of drug-likeness (QED) is 0.773. The van der Waals surface area contributed by atoms with Crippen LogP contribution >= 0.6 is 0 Å². The highest BCUT2D eigenvalue weighted by atomic mass is 15.0. The Morgan fingerprint density at radius 2 is 1.95 bits per heavy atom. The highest BCUT2D eigenvalue weighted by molar-refractivity contribution is 5.10. The van der Waals surface area contributed by atoms with E-state index >= 15 is 0 Å². The molecule has 19 heavy (non-hydrogen) atoms. The monoisotopic (exact) mass is 262 g/mol. The fraction of sp³-hybridized carbons (Fsp3) is 0.765. The molecule has 2 rings (SSSR count). The van der Waals surface area contributed by atoms with E-state index in [0.29, 0.717) is 0 Å². The molecule has 1 aliphatic rings. The molecule has 1 heterocycles. The van der Waals surface area contributed by atoms with E-state index in [1.54, 1.807) is 0 Å². The Bertz CT molecular complexity index is 348. The third-order valence-corrected chi connectivity index (χ3v) is 4.43. The fourth-order valence-electron chi connectivity index (χ4n) is 3.32. The molecule has 1 fully saturated rings. The summed E-state index contributed by atoms with van der Waals surface area (Å²) in [4.78, 5) is 0. The first-order chi connectivity index (χ1) is 9.31. The molecule has 0 unspecified atom stereocenters. The lowest BCUT2D eigenvalue weighted by Crippen LogP contribution is -2.32. The summed E-state index contributed by atoms with van der Waals surface area (Å²) in [5, 5.41) is 3.74. The van der Waals surface area contributed by atoms with Crippen molar-refractivity contribution in [3.63, 3.8) is 0 Å². The Balaban J connectivity index is 1.68. The Morgan fingerprint density at radius 3 is 2.63 bits per heavy atom. The van der Waals surface area contributed by atoms with Crippen LogP contribution in [0.4, 0.5) is 0 Å². The lowest BCUT2D eigenvalue weighted by Gasteiger charge is -2.29. The van der Waals surface area contributed by atoms with Gasteiger partial charge in [0.15, 0.2) is 0 Å². The second-order valence-electron chi connectivity index (χ2n) is 6.14. The first-order valence-electron chi connectivity index (χ1n) is 8.19. The molecule has 1 saturated carbocycles. The molecule has 0 saturated heterocycles. The molecule has 2 nitrogen and oxygen atoms in total. The summed E-state index contributed by atoms with van der Waals surface area (Å²) in [5.41, 5.74) is 1.43. The van der Waals surface area contributed by atoms with Gasteiger partial charge in [-0.25, -0.2) is 0 Å². The molecule has 0 bridgehead atoms. The van der Waals surface area contributed by atoms with Gasteiger partial charge in [-0.15, -0.1) is 0 Å². The molecule has 0 aliphatic heterocycles. The van der Waals surface area contributed by atoms with E-state index in [4.69, 9.17) is 0 Å². The van der Waals surface area contributed by atoms with Gasteiger partial charge in [-0.3, -0.25) is 0 Å². The van der Waals surface area contributed by atoms with Gasteiger partial charge in [-0.05, 0) is 49.7 Å². The Labute approximate surface area is 118 Å². The predicted molar refractivity (Wildman–Crippen MR) is 82.2 cm³/mol. The van der Waals surface area contributed by atoms with Crippen LogP contribution in [0.1, 0.15) is 64.4 Å². The fourth-order valence-corrected chi connectivity index (χ4v) is 3.32. The number of hydrogen-bond donors (Lipinski definition) is 1. The van der Waals surface area contributed by atoms with Gasteiger partial charge in [0, 0.05) is 31.5 Å². The Hall–Kier alpha value is -0.760. The minimum Gasteiger partial charge on any atom is -0.354 e. The van der Waals surface area contributed by atoms with Crippen LogP contribution in [-0.2, 0) is 13.1 Å². The summed E-state index contributed by atoms with van der Waals surface area (Å²) >= 11 is 0. The molecular weight excluding hydrogens is 232 g/mol. The maximum atomic E-state index is 3.74. The van der Waals surface area contributed by atoms with Crippen molar-refractivity contribution in [2.45, 2.75) is 77.9 Å². The third-order valence-electron chi connectivity index (χ3n) is 4.43. The van der Waals surface area contributed by atoms with Crippen molar-refractivity contribution in [2.75, 3.05) is 0 Å². The van der Waals surface area contributed by atoms with Crippen molar-refractivity contribution in [2.24, 2.45) is 5.92 Å². The van der Waals surface area contributed by atoms with Crippen molar-refractivity contribution in [1.29, 1.82) is 0 Å². The lowest BCUT2D eigenvalue weighted by molar-refractivity contribution is 0.277. The summed E-state index contributed by atoms with van der Waals surface area (Å²) in [6.07, 6.45) is 14.1. The van der Waals surface area contributed by atoms with Crippen LogP contribution < -0.4 is 5.32 Å². The largest absolute Gasteiger partial charge is 0.354 e. The van der Waals surface area contributed by atoms with Gasteiger partial charge in [0.25, 0.3) is 0 Å².